The summed E-state index contributed by atoms with van der Waals surface area (Å²) in [6.45, 7) is -0.485. The number of hydrogen-bond donors (Lipinski definition) is 3. The van der Waals surface area contributed by atoms with E-state index in [9.17, 15) is 9.59 Å². The first-order valence-electron chi connectivity index (χ1n) is 6.59. The number of nitrogens with two attached hydrogens (primary N) is 1. The molecule has 1 unspecified atom stereocenters. The molecule has 4 N–H and O–H groups in total. The fraction of sp³-hybridized carbons (Fsp3) is 0.125. The standard InChI is InChI=1S/C16H15ClN2O3.ClH/c17-11-6-7-14(19-16(22)13(18)9-20)12(8-11)15(21)10-4-2-1-3-5-10;/h1-8,13,20H,9,18H2,(H,19,22);1H. The van der Waals surface area contributed by atoms with Gasteiger partial charge in [-0.1, -0.05) is 41.9 Å². The van der Waals surface area contributed by atoms with Gasteiger partial charge in [-0.2, -0.15) is 0 Å². The molecule has 0 radical (unpaired) electrons. The Kier molecular flexibility index (Phi) is 7.19. The van der Waals surface area contributed by atoms with Gasteiger partial charge >= 0.3 is 0 Å². The molecule has 0 spiro atoms. The van der Waals surface area contributed by atoms with Gasteiger partial charge in [-0.05, 0) is 18.2 Å². The second kappa shape index (κ2) is 8.64. The Balaban J connectivity index is 0.00000264. The molecule has 0 aromatic heterocycles. The van der Waals surface area contributed by atoms with Crippen LogP contribution < -0.4 is 11.1 Å². The monoisotopic (exact) mass is 354 g/mol. The Morgan fingerprint density at radius 3 is 2.43 bits per heavy atom. The third-order valence-electron chi connectivity index (χ3n) is 3.05. The van der Waals surface area contributed by atoms with Gasteiger partial charge < -0.3 is 16.2 Å². The highest BCUT2D eigenvalue weighted by molar-refractivity contribution is 6.31. The van der Waals surface area contributed by atoms with E-state index in [0.29, 0.717) is 16.3 Å². The minimum absolute atomic E-state index is 0. The van der Waals surface area contributed by atoms with Crippen LogP contribution in [0.4, 0.5) is 5.69 Å². The highest BCUT2D eigenvalue weighted by Crippen LogP contribution is 2.23. The first-order valence-corrected chi connectivity index (χ1v) is 6.97. The lowest BCUT2D eigenvalue weighted by molar-refractivity contribution is -0.118. The maximum absolute atomic E-state index is 12.5. The van der Waals surface area contributed by atoms with E-state index < -0.39 is 18.6 Å². The summed E-state index contributed by atoms with van der Waals surface area (Å²) in [5.41, 5.74) is 6.50. The van der Waals surface area contributed by atoms with E-state index in [4.69, 9.17) is 22.4 Å². The van der Waals surface area contributed by atoms with Gasteiger partial charge in [-0.3, -0.25) is 9.59 Å². The number of aliphatic hydroxyl groups is 1. The summed E-state index contributed by atoms with van der Waals surface area (Å²) >= 11 is 5.95. The number of aliphatic hydroxyl groups excluding tert-OH is 1. The number of halogens is 2. The lowest BCUT2D eigenvalue weighted by atomic mass is 10.0. The van der Waals surface area contributed by atoms with Crippen LogP contribution in [-0.4, -0.2) is 29.4 Å². The zero-order chi connectivity index (χ0) is 16.1. The van der Waals surface area contributed by atoms with Gasteiger partial charge in [0.15, 0.2) is 5.78 Å². The molecule has 23 heavy (non-hydrogen) atoms. The summed E-state index contributed by atoms with van der Waals surface area (Å²) in [4.78, 5) is 24.3. The number of anilines is 1. The van der Waals surface area contributed by atoms with E-state index in [2.05, 4.69) is 5.32 Å². The van der Waals surface area contributed by atoms with Crippen molar-refractivity contribution in [3.05, 3.63) is 64.7 Å². The molecule has 0 fully saturated rings. The highest BCUT2D eigenvalue weighted by Gasteiger charge is 2.18. The minimum Gasteiger partial charge on any atom is -0.394 e. The van der Waals surface area contributed by atoms with Crippen LogP contribution >= 0.6 is 24.0 Å². The van der Waals surface area contributed by atoms with E-state index in [1.54, 1.807) is 36.4 Å². The molecule has 7 heteroatoms. The van der Waals surface area contributed by atoms with Crippen molar-refractivity contribution in [3.8, 4) is 0 Å². The average Bonchev–Trinajstić information content (AvgIpc) is 2.55. The number of hydrogen-bond acceptors (Lipinski definition) is 4. The molecule has 5 nitrogen and oxygen atoms in total. The van der Waals surface area contributed by atoms with Crippen LogP contribution in [0.3, 0.4) is 0 Å². The first kappa shape index (κ1) is 19.1. The molecule has 0 aliphatic heterocycles. The third kappa shape index (κ3) is 4.77. The molecular weight excluding hydrogens is 339 g/mol. The fourth-order valence-electron chi connectivity index (χ4n) is 1.87. The van der Waals surface area contributed by atoms with Crippen molar-refractivity contribution in [1.29, 1.82) is 0 Å². The van der Waals surface area contributed by atoms with E-state index in [1.165, 1.54) is 12.1 Å². The predicted molar refractivity (Wildman–Crippen MR) is 92.3 cm³/mol. The highest BCUT2D eigenvalue weighted by atomic mass is 35.5. The van der Waals surface area contributed by atoms with Crippen molar-refractivity contribution in [2.45, 2.75) is 6.04 Å². The second-order valence-electron chi connectivity index (χ2n) is 4.66. The third-order valence-corrected chi connectivity index (χ3v) is 3.29. The normalized spacial score (nSPS) is 11.3. The van der Waals surface area contributed by atoms with Gasteiger partial charge in [-0.15, -0.1) is 12.4 Å². The number of ketones is 1. The molecule has 1 atom stereocenters. The van der Waals surface area contributed by atoms with Crippen LogP contribution in [-0.2, 0) is 4.79 Å². The topological polar surface area (TPSA) is 92.4 Å². The molecule has 0 aliphatic rings. The fourth-order valence-corrected chi connectivity index (χ4v) is 2.04. The molecule has 0 aliphatic carbocycles. The van der Waals surface area contributed by atoms with Gasteiger partial charge in [0.25, 0.3) is 0 Å². The molecule has 0 saturated carbocycles. The molecule has 0 saturated heterocycles. The van der Waals surface area contributed by atoms with Gasteiger partial charge in [-0.25, -0.2) is 0 Å². The Morgan fingerprint density at radius 1 is 1.17 bits per heavy atom. The van der Waals surface area contributed by atoms with E-state index in [0.717, 1.165) is 0 Å². The van der Waals surface area contributed by atoms with Crippen LogP contribution in [0.15, 0.2) is 48.5 Å². The van der Waals surface area contributed by atoms with Gasteiger partial charge in [0.1, 0.15) is 6.04 Å². The molecular formula is C16H16Cl2N2O3. The van der Waals surface area contributed by atoms with Crippen molar-refractivity contribution >= 4 is 41.4 Å². The van der Waals surface area contributed by atoms with Crippen LogP contribution in [0, 0.1) is 0 Å². The van der Waals surface area contributed by atoms with Crippen LogP contribution in [0.5, 0.6) is 0 Å². The lowest BCUT2D eigenvalue weighted by Crippen LogP contribution is -2.38. The zero-order valence-corrected chi connectivity index (χ0v) is 13.6. The summed E-state index contributed by atoms with van der Waals surface area (Å²) in [6, 6.07) is 12.2. The zero-order valence-electron chi connectivity index (χ0n) is 12.0. The Bertz CT molecular complexity index is 693. The van der Waals surface area contributed by atoms with Crippen molar-refractivity contribution in [3.63, 3.8) is 0 Å². The van der Waals surface area contributed by atoms with Crippen LogP contribution in [0.2, 0.25) is 5.02 Å². The Labute approximate surface area is 144 Å². The number of carbonyl (C=O) groups is 2. The van der Waals surface area contributed by atoms with Gasteiger partial charge in [0.05, 0.1) is 12.3 Å². The molecule has 2 aromatic carbocycles. The maximum Gasteiger partial charge on any atom is 0.243 e. The van der Waals surface area contributed by atoms with Crippen molar-refractivity contribution < 1.29 is 14.7 Å². The number of rotatable bonds is 5. The quantitative estimate of drug-likeness (QED) is 0.718. The molecule has 1 amide bonds. The average molecular weight is 355 g/mol. The Hall–Kier alpha value is -1.92. The van der Waals surface area contributed by atoms with E-state index >= 15 is 0 Å². The largest absolute Gasteiger partial charge is 0.394 e. The summed E-state index contributed by atoms with van der Waals surface area (Å²) in [7, 11) is 0. The van der Waals surface area contributed by atoms with Crippen molar-refractivity contribution in [2.24, 2.45) is 5.73 Å². The molecule has 0 bridgehead atoms. The lowest BCUT2D eigenvalue weighted by Gasteiger charge is -2.13. The van der Waals surface area contributed by atoms with Crippen LogP contribution in [0.25, 0.3) is 0 Å². The molecule has 122 valence electrons. The first-order chi connectivity index (χ1) is 10.5. The number of benzene rings is 2. The summed E-state index contributed by atoms with van der Waals surface area (Å²) in [6.07, 6.45) is 0. The number of carbonyl (C=O) groups excluding carboxylic acids is 2. The summed E-state index contributed by atoms with van der Waals surface area (Å²) in [5, 5.41) is 11.8. The summed E-state index contributed by atoms with van der Waals surface area (Å²) in [5.74, 6) is -0.845. The SMILES string of the molecule is Cl.NC(CO)C(=O)Nc1ccc(Cl)cc1C(=O)c1ccccc1. The van der Waals surface area contributed by atoms with Crippen molar-refractivity contribution in [1.82, 2.24) is 0 Å². The molecule has 0 heterocycles. The van der Waals surface area contributed by atoms with E-state index in [1.807, 2.05) is 0 Å². The maximum atomic E-state index is 12.5. The van der Waals surface area contributed by atoms with Gasteiger partial charge in [0, 0.05) is 16.1 Å². The smallest absolute Gasteiger partial charge is 0.243 e. The summed E-state index contributed by atoms with van der Waals surface area (Å²) < 4.78 is 0. The minimum atomic E-state index is -1.06. The number of amides is 1. The number of nitrogens with one attached hydrogen (secondary N) is 1. The molecule has 2 aromatic rings. The molecule has 2 rings (SSSR count). The van der Waals surface area contributed by atoms with Crippen LogP contribution in [0.1, 0.15) is 15.9 Å². The van der Waals surface area contributed by atoms with E-state index in [-0.39, 0.29) is 23.8 Å². The van der Waals surface area contributed by atoms with Gasteiger partial charge in [0.2, 0.25) is 5.91 Å². The van der Waals surface area contributed by atoms with Crippen molar-refractivity contribution in [2.75, 3.05) is 11.9 Å². The Morgan fingerprint density at radius 2 is 1.83 bits per heavy atom. The second-order valence-corrected chi connectivity index (χ2v) is 5.10. The predicted octanol–water partition coefficient (Wildman–Crippen LogP) is 2.25.